The highest BCUT2D eigenvalue weighted by molar-refractivity contribution is 5.92. The number of primary amides is 1. The number of carbonyl (C=O) groups is 1. The van der Waals surface area contributed by atoms with E-state index in [9.17, 15) is 9.90 Å². The minimum atomic E-state index is -0.573. The fourth-order valence-electron chi connectivity index (χ4n) is 2.04. The number of hydrogen-bond acceptors (Lipinski definition) is 4. The lowest BCUT2D eigenvalue weighted by Crippen LogP contribution is -2.24. The Kier molecular flexibility index (Phi) is 5.43. The molecule has 2 rings (SSSR count). The minimum Gasteiger partial charge on any atom is -0.387 e. The van der Waals surface area contributed by atoms with Crippen LogP contribution in [0.2, 0.25) is 0 Å². The van der Waals surface area contributed by atoms with Gasteiger partial charge in [0.1, 0.15) is 0 Å². The topological polar surface area (TPSA) is 88.2 Å². The molecule has 1 aromatic heterocycles. The van der Waals surface area contributed by atoms with Crippen LogP contribution in [-0.4, -0.2) is 29.1 Å². The Bertz CT molecular complexity index is 587. The first kappa shape index (κ1) is 15.2. The fourth-order valence-corrected chi connectivity index (χ4v) is 2.04. The van der Waals surface area contributed by atoms with Gasteiger partial charge in [0.2, 0.25) is 5.91 Å². The third kappa shape index (κ3) is 4.66. The van der Waals surface area contributed by atoms with Crippen LogP contribution in [0.25, 0.3) is 0 Å². The average molecular weight is 285 g/mol. The van der Waals surface area contributed by atoms with Crippen LogP contribution in [-0.2, 0) is 6.42 Å². The summed E-state index contributed by atoms with van der Waals surface area (Å²) in [6.07, 6.45) is 3.52. The van der Waals surface area contributed by atoms with Crippen molar-refractivity contribution in [3.63, 3.8) is 0 Å². The molecule has 0 fully saturated rings. The summed E-state index contributed by atoms with van der Waals surface area (Å²) in [6.45, 7) is 1.17. The van der Waals surface area contributed by atoms with E-state index >= 15 is 0 Å². The molecular weight excluding hydrogens is 266 g/mol. The van der Waals surface area contributed by atoms with Gasteiger partial charge in [0, 0.05) is 30.1 Å². The van der Waals surface area contributed by atoms with Crippen molar-refractivity contribution in [3.8, 4) is 0 Å². The monoisotopic (exact) mass is 285 g/mol. The third-order valence-electron chi connectivity index (χ3n) is 3.21. The molecule has 0 radical (unpaired) electrons. The summed E-state index contributed by atoms with van der Waals surface area (Å²) in [5.41, 5.74) is 7.59. The van der Waals surface area contributed by atoms with E-state index in [1.54, 1.807) is 30.6 Å². The molecule has 110 valence electrons. The molecular formula is C16H19N3O2. The van der Waals surface area contributed by atoms with Crippen LogP contribution in [0, 0.1) is 0 Å². The summed E-state index contributed by atoms with van der Waals surface area (Å²) in [4.78, 5) is 15.1. The van der Waals surface area contributed by atoms with E-state index in [2.05, 4.69) is 10.3 Å². The van der Waals surface area contributed by atoms with E-state index < -0.39 is 12.0 Å². The van der Waals surface area contributed by atoms with E-state index in [0.29, 0.717) is 18.7 Å². The molecule has 1 aromatic carbocycles. The number of nitrogens with one attached hydrogen (secondary N) is 1. The molecule has 0 bridgehead atoms. The summed E-state index contributed by atoms with van der Waals surface area (Å²) < 4.78 is 0. The van der Waals surface area contributed by atoms with Gasteiger partial charge in [-0.3, -0.25) is 9.78 Å². The highest BCUT2D eigenvalue weighted by atomic mass is 16.3. The Labute approximate surface area is 123 Å². The normalized spacial score (nSPS) is 12.0. The SMILES string of the molecule is NC(=O)c1cccc(CCNCC(O)c2cccnc2)c1. The molecule has 1 heterocycles. The Morgan fingerprint density at radius 2 is 2.19 bits per heavy atom. The van der Waals surface area contributed by atoms with Gasteiger partial charge < -0.3 is 16.2 Å². The van der Waals surface area contributed by atoms with Gasteiger partial charge in [-0.05, 0) is 36.7 Å². The molecule has 0 saturated carbocycles. The smallest absolute Gasteiger partial charge is 0.248 e. The number of aliphatic hydroxyl groups excluding tert-OH is 1. The molecule has 1 unspecified atom stereocenters. The van der Waals surface area contributed by atoms with E-state index in [-0.39, 0.29) is 0 Å². The summed E-state index contributed by atoms with van der Waals surface area (Å²) in [6, 6.07) is 10.9. The Balaban J connectivity index is 1.77. The quantitative estimate of drug-likeness (QED) is 0.663. The minimum absolute atomic E-state index is 0.420. The first-order valence-electron chi connectivity index (χ1n) is 6.84. The van der Waals surface area contributed by atoms with Crippen LogP contribution in [0.5, 0.6) is 0 Å². The van der Waals surface area contributed by atoms with E-state index in [0.717, 1.165) is 17.5 Å². The summed E-state index contributed by atoms with van der Waals surface area (Å²) in [5, 5.41) is 13.2. The molecule has 4 N–H and O–H groups in total. The Morgan fingerprint density at radius 1 is 1.33 bits per heavy atom. The molecule has 0 aliphatic heterocycles. The van der Waals surface area contributed by atoms with Crippen molar-refractivity contribution >= 4 is 5.91 Å². The van der Waals surface area contributed by atoms with Gasteiger partial charge in [-0.15, -0.1) is 0 Å². The van der Waals surface area contributed by atoms with Gasteiger partial charge in [-0.2, -0.15) is 0 Å². The first-order chi connectivity index (χ1) is 10.2. The van der Waals surface area contributed by atoms with Crippen molar-refractivity contribution < 1.29 is 9.90 Å². The van der Waals surface area contributed by atoms with Crippen molar-refractivity contribution in [3.05, 3.63) is 65.5 Å². The van der Waals surface area contributed by atoms with Crippen LogP contribution >= 0.6 is 0 Å². The van der Waals surface area contributed by atoms with Gasteiger partial charge in [0.05, 0.1) is 6.10 Å². The van der Waals surface area contributed by atoms with Crippen LogP contribution in [0.15, 0.2) is 48.8 Å². The molecule has 5 heteroatoms. The van der Waals surface area contributed by atoms with Gasteiger partial charge >= 0.3 is 0 Å². The molecule has 0 saturated heterocycles. The highest BCUT2D eigenvalue weighted by Crippen LogP contribution is 2.09. The van der Waals surface area contributed by atoms with Crippen molar-refractivity contribution in [2.24, 2.45) is 5.73 Å². The summed E-state index contributed by atoms with van der Waals surface area (Å²) in [5.74, 6) is -0.420. The van der Waals surface area contributed by atoms with Crippen LogP contribution in [0.3, 0.4) is 0 Å². The van der Waals surface area contributed by atoms with Crippen molar-refractivity contribution in [1.82, 2.24) is 10.3 Å². The lowest BCUT2D eigenvalue weighted by atomic mass is 10.1. The predicted octanol–water partition coefficient (Wildman–Crippen LogP) is 1.05. The molecule has 5 nitrogen and oxygen atoms in total. The number of aliphatic hydroxyl groups is 1. The molecule has 2 aromatic rings. The number of nitrogens with zero attached hydrogens (tertiary/aromatic N) is 1. The van der Waals surface area contributed by atoms with E-state index in [1.165, 1.54) is 0 Å². The lowest BCUT2D eigenvalue weighted by Gasteiger charge is -2.11. The molecule has 0 aliphatic rings. The van der Waals surface area contributed by atoms with Crippen molar-refractivity contribution in [2.75, 3.05) is 13.1 Å². The zero-order chi connectivity index (χ0) is 15.1. The highest BCUT2D eigenvalue weighted by Gasteiger charge is 2.06. The number of rotatable bonds is 7. The molecule has 0 spiro atoms. The first-order valence-corrected chi connectivity index (χ1v) is 6.84. The number of pyridine rings is 1. The number of aromatic nitrogens is 1. The summed E-state index contributed by atoms with van der Waals surface area (Å²) in [7, 11) is 0. The lowest BCUT2D eigenvalue weighted by molar-refractivity contribution is 0.1000. The number of hydrogen-bond donors (Lipinski definition) is 3. The van der Waals surface area contributed by atoms with Gasteiger partial charge in [0.15, 0.2) is 0 Å². The van der Waals surface area contributed by atoms with E-state index in [1.807, 2.05) is 18.2 Å². The maximum atomic E-state index is 11.1. The second-order valence-electron chi connectivity index (χ2n) is 4.82. The van der Waals surface area contributed by atoms with Crippen LogP contribution in [0.4, 0.5) is 0 Å². The summed E-state index contributed by atoms with van der Waals surface area (Å²) >= 11 is 0. The second-order valence-corrected chi connectivity index (χ2v) is 4.82. The standard InChI is InChI=1S/C16H19N3O2/c17-16(21)13-4-1-3-12(9-13)6-8-19-11-15(20)14-5-2-7-18-10-14/h1-5,7,9-10,15,19-20H,6,8,11H2,(H2,17,21). The molecule has 1 atom stereocenters. The molecule has 21 heavy (non-hydrogen) atoms. The largest absolute Gasteiger partial charge is 0.387 e. The van der Waals surface area contributed by atoms with Crippen molar-refractivity contribution in [2.45, 2.75) is 12.5 Å². The van der Waals surface area contributed by atoms with Gasteiger partial charge in [0.25, 0.3) is 0 Å². The number of nitrogens with two attached hydrogens (primary N) is 1. The Morgan fingerprint density at radius 3 is 2.90 bits per heavy atom. The van der Waals surface area contributed by atoms with Crippen molar-refractivity contribution in [1.29, 1.82) is 0 Å². The molecule has 0 aliphatic carbocycles. The number of carbonyl (C=O) groups excluding carboxylic acids is 1. The van der Waals surface area contributed by atoms with Crippen LogP contribution < -0.4 is 11.1 Å². The maximum absolute atomic E-state index is 11.1. The van der Waals surface area contributed by atoms with Crippen LogP contribution in [0.1, 0.15) is 27.6 Å². The van der Waals surface area contributed by atoms with Gasteiger partial charge in [-0.1, -0.05) is 18.2 Å². The number of benzene rings is 1. The zero-order valence-corrected chi connectivity index (χ0v) is 11.7. The average Bonchev–Trinajstić information content (AvgIpc) is 2.52. The number of amides is 1. The Hall–Kier alpha value is -2.24. The predicted molar refractivity (Wildman–Crippen MR) is 80.7 cm³/mol. The fraction of sp³-hybridized carbons (Fsp3) is 0.250. The second kappa shape index (κ2) is 7.52. The molecule has 1 amide bonds. The van der Waals surface area contributed by atoms with E-state index in [4.69, 9.17) is 5.73 Å². The third-order valence-corrected chi connectivity index (χ3v) is 3.21. The zero-order valence-electron chi connectivity index (χ0n) is 11.7. The van der Waals surface area contributed by atoms with Gasteiger partial charge in [-0.25, -0.2) is 0 Å². The maximum Gasteiger partial charge on any atom is 0.248 e.